The number of urea groups is 1. The first kappa shape index (κ1) is 74.8. The number of rotatable bonds is 26. The molecule has 0 aromatic rings. The van der Waals surface area contributed by atoms with Crippen molar-refractivity contribution in [1.29, 1.82) is 0 Å². The summed E-state index contributed by atoms with van der Waals surface area (Å²) in [7, 11) is 0. The molecule has 1 aliphatic rings. The fourth-order valence-corrected chi connectivity index (χ4v) is 5.30. The highest BCUT2D eigenvalue weighted by Gasteiger charge is 2.42. The molecule has 1 rings (SSSR count). The zero-order chi connectivity index (χ0) is 55.3. The summed E-state index contributed by atoms with van der Waals surface area (Å²) in [5.41, 5.74) is 10.0. The first-order valence-corrected chi connectivity index (χ1v) is 23.4. The number of hydrogen-bond donors (Lipinski definition) is 9. The number of carbonyl (C=O) groups excluding carboxylic acids is 3. The molecule has 0 radical (unpaired) electrons. The van der Waals surface area contributed by atoms with Crippen LogP contribution in [-0.2, 0) is 23.8 Å². The van der Waals surface area contributed by atoms with Crippen LogP contribution in [0.25, 0.3) is 0 Å². The zero-order valence-corrected chi connectivity index (χ0v) is 42.6. The van der Waals surface area contributed by atoms with E-state index in [9.17, 15) is 56.4 Å². The molecule has 0 spiro atoms. The highest BCUT2D eigenvalue weighted by molar-refractivity contribution is 5.76. The van der Waals surface area contributed by atoms with Crippen LogP contribution in [-0.4, -0.2) is 121 Å². The van der Waals surface area contributed by atoms with Crippen molar-refractivity contribution in [3.63, 3.8) is 0 Å². The molecule has 70 heavy (non-hydrogen) atoms. The monoisotopic (exact) mass is 1020 g/mol. The summed E-state index contributed by atoms with van der Waals surface area (Å²) in [5.74, 6) is 0. The number of aliphatic hydroxyl groups excluding tert-OH is 4. The number of unbranched alkanes of at least 4 members (excludes halogenated alkanes) is 8. The van der Waals surface area contributed by atoms with Gasteiger partial charge in [0.25, 0.3) is 0 Å². The van der Waals surface area contributed by atoms with Gasteiger partial charge in [-0.05, 0) is 32.4 Å². The highest BCUT2D eigenvalue weighted by Crippen LogP contribution is 2.27. The van der Waals surface area contributed by atoms with Crippen LogP contribution in [0.15, 0.2) is 84.8 Å². The predicted molar refractivity (Wildman–Crippen MR) is 265 cm³/mol. The van der Waals surface area contributed by atoms with E-state index in [1.807, 2.05) is 20.6 Å². The summed E-state index contributed by atoms with van der Waals surface area (Å²) < 4.78 is 90.6. The molecule has 8 atom stereocenters. The number of allylic oxidation sites excluding steroid dienone is 9. The van der Waals surface area contributed by atoms with E-state index in [1.165, 1.54) is 102 Å². The van der Waals surface area contributed by atoms with Crippen LogP contribution in [0.1, 0.15) is 126 Å². The van der Waals surface area contributed by atoms with Gasteiger partial charge in [-0.3, -0.25) is 4.79 Å². The lowest BCUT2D eigenvalue weighted by Crippen LogP contribution is -2.66. The van der Waals surface area contributed by atoms with E-state index >= 15 is 0 Å². The van der Waals surface area contributed by atoms with Crippen LogP contribution in [0.4, 0.5) is 31.1 Å². The molecule has 3 amide bonds. The number of ether oxygens (including phenoxy) is 3. The number of aliphatic hydroxyl groups is 4. The minimum Gasteiger partial charge on any atom is -0.394 e. The second-order valence-electron chi connectivity index (χ2n) is 14.8. The van der Waals surface area contributed by atoms with Gasteiger partial charge in [0.15, 0.2) is 12.5 Å². The molecule has 11 N–H and O–H groups in total. The smallest absolute Gasteiger partial charge is 0.394 e. The van der Waals surface area contributed by atoms with Crippen LogP contribution in [0.5, 0.6) is 0 Å². The average Bonchev–Trinajstić information content (AvgIpc) is 3.32. The third-order valence-corrected chi connectivity index (χ3v) is 9.23. The van der Waals surface area contributed by atoms with Crippen LogP contribution in [0.3, 0.4) is 0 Å². The first-order valence-electron chi connectivity index (χ1n) is 23.4. The largest absolute Gasteiger partial charge is 0.416 e. The van der Waals surface area contributed by atoms with Crippen molar-refractivity contribution in [3.05, 3.63) is 84.8 Å². The fraction of sp³-hybridized carbons (Fsp3) is 0.653. The predicted octanol–water partition coefficient (Wildman–Crippen LogP) is 8.36. The van der Waals surface area contributed by atoms with Gasteiger partial charge in [-0.2, -0.15) is 26.3 Å². The topological polar surface area (TPSA) is 248 Å². The molecule has 15 nitrogen and oxygen atoms in total. The van der Waals surface area contributed by atoms with Gasteiger partial charge in [-0.1, -0.05) is 156 Å². The quantitative estimate of drug-likeness (QED) is 0.0130. The molecule has 0 bridgehead atoms. The lowest BCUT2D eigenvalue weighted by molar-refractivity contribution is -0.268. The van der Waals surface area contributed by atoms with Crippen molar-refractivity contribution < 1.29 is 75.4 Å². The summed E-state index contributed by atoms with van der Waals surface area (Å²) in [5, 5.41) is 45.8. The number of nitrogens with one attached hydrogen (secondary N) is 3. The molecule has 1 fully saturated rings. The summed E-state index contributed by atoms with van der Waals surface area (Å²) in [6.45, 7) is 26.0. The van der Waals surface area contributed by atoms with E-state index in [1.54, 1.807) is 0 Å². The van der Waals surface area contributed by atoms with Gasteiger partial charge in [0.1, 0.15) is 19.0 Å². The Hall–Kier alpha value is -4.19. The second kappa shape index (κ2) is 47.2. The Morgan fingerprint density at radius 2 is 1.40 bits per heavy atom. The molecule has 21 heteroatoms. The molecular weight excluding hydrogens is 933 g/mol. The van der Waals surface area contributed by atoms with Gasteiger partial charge in [-0.15, -0.1) is 0 Å². The number of amides is 3. The van der Waals surface area contributed by atoms with Crippen molar-refractivity contribution >= 4 is 19.2 Å². The number of alkyl halides is 6. The summed E-state index contributed by atoms with van der Waals surface area (Å²) >= 11 is 0. The first-order chi connectivity index (χ1) is 33.0. The average molecular weight is 1020 g/mol. The molecule has 1 aliphatic heterocycles. The zero-order valence-electron chi connectivity index (χ0n) is 42.6. The molecule has 0 aromatic carbocycles. The van der Waals surface area contributed by atoms with Gasteiger partial charge in [0.05, 0.1) is 49.7 Å². The van der Waals surface area contributed by atoms with Crippen LogP contribution >= 0.6 is 0 Å². The maximum Gasteiger partial charge on any atom is 0.416 e. The number of halogens is 6. The van der Waals surface area contributed by atoms with Gasteiger partial charge >= 0.3 is 18.4 Å². The minimum absolute atomic E-state index is 0.0285. The molecule has 7 unspecified atom stereocenters. The van der Waals surface area contributed by atoms with E-state index in [2.05, 4.69) is 63.4 Å². The summed E-state index contributed by atoms with van der Waals surface area (Å²) in [6, 6.07) is -2.78. The minimum atomic E-state index is -4.55. The molecule has 1 heterocycles. The maximum atomic E-state index is 12.6. The second-order valence-corrected chi connectivity index (χ2v) is 14.8. The Balaban J connectivity index is -0.000000355. The maximum absolute atomic E-state index is 12.6. The van der Waals surface area contributed by atoms with Gasteiger partial charge < -0.3 is 66.8 Å². The van der Waals surface area contributed by atoms with Crippen LogP contribution in [0, 0.1) is 0 Å². The van der Waals surface area contributed by atoms with E-state index in [-0.39, 0.29) is 24.4 Å². The van der Waals surface area contributed by atoms with Crippen molar-refractivity contribution in [2.45, 2.75) is 187 Å². The highest BCUT2D eigenvalue weighted by atomic mass is 19.4. The Morgan fingerprint density at radius 3 is 1.77 bits per heavy atom. The van der Waals surface area contributed by atoms with Crippen LogP contribution < -0.4 is 27.4 Å². The number of nitrogens with two attached hydrogens (primary N) is 2. The normalized spacial score (nSPS) is 18.8. The van der Waals surface area contributed by atoms with E-state index < -0.39 is 91.8 Å². The summed E-state index contributed by atoms with van der Waals surface area (Å²) in [6.07, 6.45) is 5.22. The number of hydrogen-bond acceptors (Lipinski definition) is 12. The van der Waals surface area contributed by atoms with Gasteiger partial charge in [-0.25, -0.2) is 4.79 Å². The third kappa shape index (κ3) is 38.5. The fourth-order valence-electron chi connectivity index (χ4n) is 5.30. The van der Waals surface area contributed by atoms with Crippen molar-refractivity contribution in [3.8, 4) is 0 Å². The van der Waals surface area contributed by atoms with E-state index in [4.69, 9.17) is 30.5 Å². The SMILES string of the molecule is C=C/C(=C\C(=C/C)NC=O)C(F)(F)F.C=C/C(=C\C/C=C\C(=C)C(F)(F)F)NC(=O)NC1COC(CO)C(N)C1OC(OC(CO)C(C)O)[C@@H](N)O.C=O.CC.CCCCCC.CCCCCCCC. The van der Waals surface area contributed by atoms with Crippen molar-refractivity contribution in [2.24, 2.45) is 11.5 Å². The Kier molecular flexibility index (Phi) is 50.4. The molecular formula is C49H87F6N5O10. The molecule has 0 aliphatic carbocycles. The lowest BCUT2D eigenvalue weighted by Gasteiger charge is -2.42. The van der Waals surface area contributed by atoms with E-state index in [0.717, 1.165) is 12.2 Å². The van der Waals surface area contributed by atoms with Crippen molar-refractivity contribution in [1.82, 2.24) is 16.0 Å². The Morgan fingerprint density at radius 1 is 0.886 bits per heavy atom. The lowest BCUT2D eigenvalue weighted by atomic mass is 9.96. The standard InChI is InChI=1S/C23H37F3N4O8.C9H10F3NO.C8H18.C6H14.C2H6.CH2O/c1-4-14(8-6-5-7-12(2)23(24,25)26)29-22(35)30-15-11-36-17(10-32)18(27)19(15)38-21(20(28)34)37-16(9-31)13(3)33;1-3-7(9(10,11)12)5-8(4-2)13-6-14;1-3-5-7-8-6-4-2;1-3-5-6-4-2;2*1-2/h4-5,7-8,13,15-21,31-34H,1-2,6,9-11,27-28H2,3H3,(H2,29,30,35);3-6H,1H2,2H3,(H,13,14);3-8H2,1-2H3;3-6H2,1-2H3;1-2H3;1H2/b7-5-,14-8+;7-5+,8-4+;;;;/t13?,15?,16?,17?,18?,19?,20-,21?;;;;;/m0...../s1. The Labute approximate surface area is 413 Å². The Bertz CT molecular complexity index is 1470. The van der Waals surface area contributed by atoms with Crippen LogP contribution in [0.2, 0.25) is 0 Å². The molecule has 0 saturated carbocycles. The molecule has 1 saturated heterocycles. The van der Waals surface area contributed by atoms with Crippen molar-refractivity contribution in [2.75, 3.05) is 19.8 Å². The van der Waals surface area contributed by atoms with E-state index in [0.29, 0.717) is 12.5 Å². The third-order valence-electron chi connectivity index (χ3n) is 9.23. The van der Waals surface area contributed by atoms with Gasteiger partial charge in [0, 0.05) is 17.0 Å². The van der Waals surface area contributed by atoms with Gasteiger partial charge in [0.2, 0.25) is 6.41 Å². The molecule has 410 valence electrons. The molecule has 0 aromatic heterocycles. The summed E-state index contributed by atoms with van der Waals surface area (Å²) in [4.78, 5) is 30.6. The number of carbonyl (C=O) groups is 3.